The standard InChI is InChI=1S/C10H16N2OS/c1-10(2,3)9(13)12-8-5-4-7(6-11)14-8/h4-5H,6,11H2,1-3H3,(H,12,13). The van der Waals surface area contributed by atoms with Crippen molar-refractivity contribution in [3.8, 4) is 0 Å². The predicted molar refractivity (Wildman–Crippen MR) is 60.3 cm³/mol. The number of carbonyl (C=O) groups excluding carboxylic acids is 1. The highest BCUT2D eigenvalue weighted by atomic mass is 32.1. The average molecular weight is 212 g/mol. The van der Waals surface area contributed by atoms with Gasteiger partial charge in [-0.3, -0.25) is 4.79 Å². The first-order chi connectivity index (χ1) is 6.43. The molecule has 1 amide bonds. The Morgan fingerprint density at radius 2 is 2.14 bits per heavy atom. The van der Waals surface area contributed by atoms with Gasteiger partial charge in [-0.15, -0.1) is 11.3 Å². The van der Waals surface area contributed by atoms with E-state index < -0.39 is 0 Å². The van der Waals surface area contributed by atoms with Crippen LogP contribution in [0.4, 0.5) is 5.00 Å². The van der Waals surface area contributed by atoms with Gasteiger partial charge in [0, 0.05) is 16.8 Å². The first-order valence-corrected chi connectivity index (χ1v) is 5.35. The summed E-state index contributed by atoms with van der Waals surface area (Å²) in [7, 11) is 0. The third-order valence-corrected chi connectivity index (χ3v) is 2.80. The van der Waals surface area contributed by atoms with Gasteiger partial charge in [-0.1, -0.05) is 20.8 Å². The quantitative estimate of drug-likeness (QED) is 0.789. The summed E-state index contributed by atoms with van der Waals surface area (Å²) in [6.45, 7) is 6.19. The Balaban J connectivity index is 2.65. The smallest absolute Gasteiger partial charge is 0.230 e. The number of amides is 1. The summed E-state index contributed by atoms with van der Waals surface area (Å²) in [4.78, 5) is 12.7. The minimum absolute atomic E-state index is 0.0305. The third kappa shape index (κ3) is 2.82. The van der Waals surface area contributed by atoms with Gasteiger partial charge in [0.25, 0.3) is 0 Å². The average Bonchev–Trinajstić information content (AvgIpc) is 2.50. The molecule has 0 spiro atoms. The highest BCUT2D eigenvalue weighted by molar-refractivity contribution is 7.16. The highest BCUT2D eigenvalue weighted by Crippen LogP contribution is 2.24. The highest BCUT2D eigenvalue weighted by Gasteiger charge is 2.21. The topological polar surface area (TPSA) is 55.1 Å². The van der Waals surface area contributed by atoms with E-state index >= 15 is 0 Å². The van der Waals surface area contributed by atoms with E-state index in [1.54, 1.807) is 0 Å². The van der Waals surface area contributed by atoms with Crippen molar-refractivity contribution in [3.05, 3.63) is 17.0 Å². The molecule has 1 aromatic heterocycles. The number of thiophene rings is 1. The van der Waals surface area contributed by atoms with Crippen molar-refractivity contribution < 1.29 is 4.79 Å². The largest absolute Gasteiger partial charge is 0.326 e. The molecule has 1 heterocycles. The van der Waals surface area contributed by atoms with Gasteiger partial charge in [0.1, 0.15) is 0 Å². The van der Waals surface area contributed by atoms with Crippen molar-refractivity contribution in [2.45, 2.75) is 27.3 Å². The zero-order chi connectivity index (χ0) is 10.8. The maximum absolute atomic E-state index is 11.6. The number of hydrogen-bond acceptors (Lipinski definition) is 3. The maximum atomic E-state index is 11.6. The monoisotopic (exact) mass is 212 g/mol. The number of rotatable bonds is 2. The molecule has 0 saturated carbocycles. The number of nitrogens with two attached hydrogens (primary N) is 1. The second-order valence-corrected chi connectivity index (χ2v) is 5.34. The lowest BCUT2D eigenvalue weighted by Crippen LogP contribution is -2.27. The molecule has 0 atom stereocenters. The Hall–Kier alpha value is -0.870. The minimum atomic E-state index is -0.354. The van der Waals surface area contributed by atoms with Gasteiger partial charge in [0.2, 0.25) is 5.91 Å². The lowest BCUT2D eigenvalue weighted by Gasteiger charge is -2.16. The van der Waals surface area contributed by atoms with Crippen LogP contribution in [0.5, 0.6) is 0 Å². The molecule has 0 radical (unpaired) electrons. The van der Waals surface area contributed by atoms with Gasteiger partial charge in [0.05, 0.1) is 5.00 Å². The molecule has 0 unspecified atom stereocenters. The van der Waals surface area contributed by atoms with Gasteiger partial charge >= 0.3 is 0 Å². The third-order valence-electron chi connectivity index (χ3n) is 1.78. The van der Waals surface area contributed by atoms with Crippen LogP contribution in [0.15, 0.2) is 12.1 Å². The molecule has 78 valence electrons. The van der Waals surface area contributed by atoms with Crippen LogP contribution < -0.4 is 11.1 Å². The zero-order valence-electron chi connectivity index (χ0n) is 8.76. The fourth-order valence-corrected chi connectivity index (χ4v) is 1.64. The van der Waals surface area contributed by atoms with E-state index in [4.69, 9.17) is 5.73 Å². The Morgan fingerprint density at radius 3 is 2.57 bits per heavy atom. The Labute approximate surface area is 88.3 Å². The first-order valence-electron chi connectivity index (χ1n) is 4.53. The first kappa shape index (κ1) is 11.2. The van der Waals surface area contributed by atoms with Crippen LogP contribution in [0.25, 0.3) is 0 Å². The summed E-state index contributed by atoms with van der Waals surface area (Å²) in [6, 6.07) is 3.82. The van der Waals surface area contributed by atoms with E-state index in [2.05, 4.69) is 5.32 Å². The van der Waals surface area contributed by atoms with Crippen LogP contribution in [-0.2, 0) is 11.3 Å². The Bertz CT molecular complexity index is 325. The molecule has 0 saturated heterocycles. The SMILES string of the molecule is CC(C)(C)C(=O)Nc1ccc(CN)s1. The molecule has 3 nitrogen and oxygen atoms in total. The fourth-order valence-electron chi connectivity index (χ4n) is 0.854. The van der Waals surface area contributed by atoms with Crippen molar-refractivity contribution in [1.29, 1.82) is 0 Å². The summed E-state index contributed by atoms with van der Waals surface area (Å²) in [5.41, 5.74) is 5.12. The Morgan fingerprint density at radius 1 is 1.50 bits per heavy atom. The molecule has 0 aliphatic rings. The van der Waals surface area contributed by atoms with Crippen molar-refractivity contribution in [3.63, 3.8) is 0 Å². The molecular formula is C10H16N2OS. The molecule has 0 aliphatic heterocycles. The van der Waals surface area contributed by atoms with Crippen molar-refractivity contribution in [2.24, 2.45) is 11.1 Å². The number of hydrogen-bond donors (Lipinski definition) is 2. The molecule has 4 heteroatoms. The van der Waals surface area contributed by atoms with Crippen LogP contribution in [-0.4, -0.2) is 5.91 Å². The maximum Gasteiger partial charge on any atom is 0.230 e. The lowest BCUT2D eigenvalue weighted by atomic mass is 9.96. The van der Waals surface area contributed by atoms with Crippen molar-refractivity contribution in [1.82, 2.24) is 0 Å². The molecule has 3 N–H and O–H groups in total. The minimum Gasteiger partial charge on any atom is -0.326 e. The summed E-state index contributed by atoms with van der Waals surface area (Å²) in [5, 5.41) is 3.73. The molecule has 0 fully saturated rings. The van der Waals surface area contributed by atoms with E-state index in [-0.39, 0.29) is 11.3 Å². The normalized spacial score (nSPS) is 11.4. The van der Waals surface area contributed by atoms with Gasteiger partial charge < -0.3 is 11.1 Å². The van der Waals surface area contributed by atoms with E-state index in [1.807, 2.05) is 32.9 Å². The summed E-state index contributed by atoms with van der Waals surface area (Å²) >= 11 is 1.52. The molecule has 0 aliphatic carbocycles. The molecule has 0 aromatic carbocycles. The summed E-state index contributed by atoms with van der Waals surface area (Å²) < 4.78 is 0. The van der Waals surface area contributed by atoms with Crippen molar-refractivity contribution in [2.75, 3.05) is 5.32 Å². The van der Waals surface area contributed by atoms with Crippen LogP contribution in [0.1, 0.15) is 25.6 Å². The van der Waals surface area contributed by atoms with Crippen LogP contribution >= 0.6 is 11.3 Å². The number of carbonyl (C=O) groups is 1. The fraction of sp³-hybridized carbons (Fsp3) is 0.500. The second-order valence-electron chi connectivity index (χ2n) is 4.17. The van der Waals surface area contributed by atoms with Crippen LogP contribution in [0, 0.1) is 5.41 Å². The second kappa shape index (κ2) is 4.11. The summed E-state index contributed by atoms with van der Waals surface area (Å²) in [6.07, 6.45) is 0. The van der Waals surface area contributed by atoms with E-state index in [9.17, 15) is 4.79 Å². The Kier molecular flexibility index (Phi) is 3.29. The van der Waals surface area contributed by atoms with Crippen molar-refractivity contribution >= 4 is 22.2 Å². The number of nitrogens with one attached hydrogen (secondary N) is 1. The molecule has 14 heavy (non-hydrogen) atoms. The van der Waals surface area contributed by atoms with Crippen LogP contribution in [0.2, 0.25) is 0 Å². The van der Waals surface area contributed by atoms with E-state index in [0.29, 0.717) is 6.54 Å². The van der Waals surface area contributed by atoms with Gasteiger partial charge in [-0.05, 0) is 12.1 Å². The van der Waals surface area contributed by atoms with Gasteiger partial charge in [-0.2, -0.15) is 0 Å². The molecule has 1 rings (SSSR count). The van der Waals surface area contributed by atoms with E-state index in [0.717, 1.165) is 9.88 Å². The molecule has 0 bridgehead atoms. The number of anilines is 1. The van der Waals surface area contributed by atoms with Gasteiger partial charge in [0.15, 0.2) is 0 Å². The lowest BCUT2D eigenvalue weighted by molar-refractivity contribution is -0.123. The predicted octanol–water partition coefficient (Wildman–Crippen LogP) is 2.19. The zero-order valence-corrected chi connectivity index (χ0v) is 9.57. The molecular weight excluding hydrogens is 196 g/mol. The summed E-state index contributed by atoms with van der Waals surface area (Å²) in [5.74, 6) is 0.0305. The van der Waals surface area contributed by atoms with Gasteiger partial charge in [-0.25, -0.2) is 0 Å². The molecule has 1 aromatic rings. The van der Waals surface area contributed by atoms with Crippen LogP contribution in [0.3, 0.4) is 0 Å². The van der Waals surface area contributed by atoms with E-state index in [1.165, 1.54) is 11.3 Å².